The molecule has 0 saturated heterocycles. The average molecular weight is 319 g/mol. The van der Waals surface area contributed by atoms with Gasteiger partial charge >= 0.3 is 0 Å². The largest absolute Gasteiger partial charge is 0.373 e. The van der Waals surface area contributed by atoms with Crippen molar-refractivity contribution >= 4 is 22.9 Å². The highest BCUT2D eigenvalue weighted by Gasteiger charge is 2.32. The number of benzene rings is 1. The lowest BCUT2D eigenvalue weighted by Gasteiger charge is -2.09. The van der Waals surface area contributed by atoms with Crippen LogP contribution in [0.2, 0.25) is 0 Å². The lowest BCUT2D eigenvalue weighted by atomic mass is 10.0. The van der Waals surface area contributed by atoms with E-state index in [1.165, 1.54) is 25.4 Å². The Kier molecular flexibility index (Phi) is 4.12. The molecule has 0 radical (unpaired) electrons. The van der Waals surface area contributed by atoms with Gasteiger partial charge in [-0.3, -0.25) is 30.3 Å². The molecule has 0 saturated carbocycles. The third-order valence-electron chi connectivity index (χ3n) is 3.00. The van der Waals surface area contributed by atoms with Crippen LogP contribution in [0.15, 0.2) is 30.5 Å². The van der Waals surface area contributed by atoms with Crippen molar-refractivity contribution in [1.82, 2.24) is 4.98 Å². The van der Waals surface area contributed by atoms with E-state index >= 15 is 0 Å². The topological polar surface area (TPSA) is 154 Å². The SMILES string of the molecule is CNc1ncccc1-c1c([N+](=O)[O-])cc([N+](=O)[O-])cc1[N+](=O)[O-]. The molecule has 0 aliphatic carbocycles. The molecule has 0 spiro atoms. The third-order valence-corrected chi connectivity index (χ3v) is 3.00. The van der Waals surface area contributed by atoms with E-state index in [0.29, 0.717) is 12.1 Å². The summed E-state index contributed by atoms with van der Waals surface area (Å²) in [5.41, 5.74) is -2.46. The first-order valence-corrected chi connectivity index (χ1v) is 6.11. The van der Waals surface area contributed by atoms with E-state index in [4.69, 9.17) is 0 Å². The molecule has 1 aromatic carbocycles. The number of non-ortho nitro benzene ring substituents is 1. The maximum atomic E-state index is 11.3. The number of nitrogens with zero attached hydrogens (tertiary/aromatic N) is 4. The van der Waals surface area contributed by atoms with Crippen LogP contribution in [-0.2, 0) is 0 Å². The van der Waals surface area contributed by atoms with E-state index in [2.05, 4.69) is 10.3 Å². The van der Waals surface area contributed by atoms with Crippen LogP contribution in [0.5, 0.6) is 0 Å². The molecular weight excluding hydrogens is 310 g/mol. The summed E-state index contributed by atoms with van der Waals surface area (Å²) in [7, 11) is 1.49. The number of pyridine rings is 1. The highest BCUT2D eigenvalue weighted by molar-refractivity contribution is 5.89. The monoisotopic (exact) mass is 319 g/mol. The first-order chi connectivity index (χ1) is 10.9. The number of nitro groups is 3. The van der Waals surface area contributed by atoms with Crippen molar-refractivity contribution < 1.29 is 14.8 Å². The molecule has 0 aliphatic rings. The van der Waals surface area contributed by atoms with Gasteiger partial charge in [-0.15, -0.1) is 0 Å². The van der Waals surface area contributed by atoms with Gasteiger partial charge in [0.2, 0.25) is 0 Å². The second-order valence-electron chi connectivity index (χ2n) is 4.28. The summed E-state index contributed by atoms with van der Waals surface area (Å²) in [4.78, 5) is 34.6. The number of hydrogen-bond acceptors (Lipinski definition) is 8. The van der Waals surface area contributed by atoms with Crippen molar-refractivity contribution in [1.29, 1.82) is 0 Å². The minimum Gasteiger partial charge on any atom is -0.373 e. The Morgan fingerprint density at radius 1 is 1.00 bits per heavy atom. The first kappa shape index (κ1) is 15.8. The van der Waals surface area contributed by atoms with Gasteiger partial charge in [0, 0.05) is 18.8 Å². The number of nitrogens with one attached hydrogen (secondary N) is 1. The molecule has 2 aromatic rings. The molecule has 11 nitrogen and oxygen atoms in total. The Bertz CT molecular complexity index is 786. The van der Waals surface area contributed by atoms with E-state index in [0.717, 1.165) is 0 Å². The number of rotatable bonds is 5. The fraction of sp³-hybridized carbons (Fsp3) is 0.0833. The molecular formula is C12H9N5O6. The minimum atomic E-state index is -0.925. The van der Waals surface area contributed by atoms with E-state index in [1.807, 2.05) is 0 Å². The Morgan fingerprint density at radius 2 is 1.57 bits per heavy atom. The zero-order valence-corrected chi connectivity index (χ0v) is 11.6. The molecule has 1 aromatic heterocycles. The molecule has 11 heteroatoms. The quantitative estimate of drug-likeness (QED) is 0.651. The van der Waals surface area contributed by atoms with Crippen molar-refractivity contribution in [3.8, 4) is 11.1 Å². The van der Waals surface area contributed by atoms with Crippen molar-refractivity contribution in [3.63, 3.8) is 0 Å². The lowest BCUT2D eigenvalue weighted by Crippen LogP contribution is -2.03. The van der Waals surface area contributed by atoms with Gasteiger partial charge in [-0.2, -0.15) is 0 Å². The predicted molar refractivity (Wildman–Crippen MR) is 79.2 cm³/mol. The molecule has 0 bridgehead atoms. The smallest absolute Gasteiger partial charge is 0.291 e. The molecule has 0 atom stereocenters. The molecule has 1 N–H and O–H groups in total. The van der Waals surface area contributed by atoms with Gasteiger partial charge < -0.3 is 5.32 Å². The summed E-state index contributed by atoms with van der Waals surface area (Å²) in [6, 6.07) is 4.23. The number of aromatic nitrogens is 1. The summed E-state index contributed by atoms with van der Waals surface area (Å²) < 4.78 is 0. The second-order valence-corrected chi connectivity index (χ2v) is 4.28. The van der Waals surface area contributed by atoms with Crippen LogP contribution in [-0.4, -0.2) is 26.8 Å². The summed E-state index contributed by atoms with van der Waals surface area (Å²) in [5.74, 6) is 0.174. The van der Waals surface area contributed by atoms with Gasteiger partial charge in [0.05, 0.1) is 26.9 Å². The van der Waals surface area contributed by atoms with Crippen LogP contribution in [0.4, 0.5) is 22.9 Å². The van der Waals surface area contributed by atoms with E-state index < -0.39 is 31.8 Å². The fourth-order valence-corrected chi connectivity index (χ4v) is 2.07. The van der Waals surface area contributed by atoms with E-state index in [-0.39, 0.29) is 16.9 Å². The van der Waals surface area contributed by atoms with Gasteiger partial charge in [-0.05, 0) is 12.1 Å². The van der Waals surface area contributed by atoms with Crippen molar-refractivity contribution in [2.45, 2.75) is 0 Å². The number of hydrogen-bond donors (Lipinski definition) is 1. The van der Waals surface area contributed by atoms with E-state index in [9.17, 15) is 30.3 Å². The van der Waals surface area contributed by atoms with Gasteiger partial charge in [0.1, 0.15) is 11.4 Å². The molecule has 23 heavy (non-hydrogen) atoms. The van der Waals surface area contributed by atoms with Crippen LogP contribution < -0.4 is 5.32 Å². The zero-order valence-electron chi connectivity index (χ0n) is 11.6. The minimum absolute atomic E-state index is 0.100. The number of nitro benzene ring substituents is 3. The van der Waals surface area contributed by atoms with Gasteiger partial charge in [0.15, 0.2) is 0 Å². The fourth-order valence-electron chi connectivity index (χ4n) is 2.07. The van der Waals surface area contributed by atoms with Gasteiger partial charge in [-0.1, -0.05) is 0 Å². The standard InChI is InChI=1S/C12H9N5O6/c1-13-12-8(3-2-4-14-12)11-9(16(20)21)5-7(15(18)19)6-10(11)17(22)23/h2-6H,1H3,(H,13,14). The highest BCUT2D eigenvalue weighted by Crippen LogP contribution is 2.43. The molecule has 0 fully saturated rings. The van der Waals surface area contributed by atoms with Crippen LogP contribution in [0.3, 0.4) is 0 Å². The molecule has 1 heterocycles. The van der Waals surface area contributed by atoms with Crippen LogP contribution in [0.25, 0.3) is 11.1 Å². The van der Waals surface area contributed by atoms with Crippen LogP contribution >= 0.6 is 0 Å². The summed E-state index contributed by atoms with van der Waals surface area (Å²) >= 11 is 0. The number of anilines is 1. The first-order valence-electron chi connectivity index (χ1n) is 6.11. The summed E-state index contributed by atoms with van der Waals surface area (Å²) in [5, 5.41) is 36.1. The van der Waals surface area contributed by atoms with Crippen molar-refractivity contribution in [2.75, 3.05) is 12.4 Å². The summed E-state index contributed by atoms with van der Waals surface area (Å²) in [6.45, 7) is 0. The third kappa shape index (κ3) is 2.88. The van der Waals surface area contributed by atoms with Crippen LogP contribution in [0.1, 0.15) is 0 Å². The predicted octanol–water partition coefficient (Wildman–Crippen LogP) is 2.51. The van der Waals surface area contributed by atoms with Gasteiger partial charge in [0.25, 0.3) is 17.1 Å². The Hall–Kier alpha value is -3.63. The lowest BCUT2D eigenvalue weighted by molar-refractivity contribution is -0.402. The maximum absolute atomic E-state index is 11.3. The molecule has 0 aliphatic heterocycles. The van der Waals surface area contributed by atoms with Gasteiger partial charge in [-0.25, -0.2) is 4.98 Å². The van der Waals surface area contributed by atoms with Crippen molar-refractivity contribution in [2.24, 2.45) is 0 Å². The second kappa shape index (κ2) is 6.01. The zero-order chi connectivity index (χ0) is 17.1. The normalized spacial score (nSPS) is 10.1. The molecule has 2 rings (SSSR count). The Labute approximate surface area is 128 Å². The average Bonchev–Trinajstić information content (AvgIpc) is 2.53. The Morgan fingerprint density at radius 3 is 2.00 bits per heavy atom. The molecule has 118 valence electrons. The highest BCUT2D eigenvalue weighted by atomic mass is 16.6. The van der Waals surface area contributed by atoms with Crippen LogP contribution in [0, 0.1) is 30.3 Å². The maximum Gasteiger partial charge on any atom is 0.291 e. The van der Waals surface area contributed by atoms with Crippen molar-refractivity contribution in [3.05, 3.63) is 60.8 Å². The molecule has 0 unspecified atom stereocenters. The molecule has 0 amide bonds. The van der Waals surface area contributed by atoms with E-state index in [1.54, 1.807) is 0 Å². The Balaban J connectivity index is 2.92. The summed E-state index contributed by atoms with van der Waals surface area (Å²) in [6.07, 6.45) is 1.40.